The van der Waals surface area contributed by atoms with Gasteiger partial charge in [-0.15, -0.1) is 0 Å². The van der Waals surface area contributed by atoms with E-state index in [1.807, 2.05) is 0 Å². The molecule has 8 heavy (non-hydrogen) atoms. The molecule has 0 saturated heterocycles. The smallest absolute Gasteiger partial charge is 0.00975 e. The fraction of sp³-hybridized carbons (Fsp3) is 1.00. The molecule has 2 atom stereocenters. The highest BCUT2D eigenvalue weighted by Gasteiger charge is 1.93. The third-order valence-corrected chi connectivity index (χ3v) is 2.61. The van der Waals surface area contributed by atoms with Crippen LogP contribution in [-0.4, -0.2) is 6.16 Å². The lowest BCUT2D eigenvalue weighted by molar-refractivity contribution is 0.636. The van der Waals surface area contributed by atoms with Crippen molar-refractivity contribution in [2.45, 2.75) is 20.3 Å². The number of hydrogen-bond acceptors (Lipinski definition) is 1. The Hall–Kier alpha value is 0.530. The molecular weight excluding hydrogens is 136 g/mol. The van der Waals surface area contributed by atoms with Crippen LogP contribution in [0.15, 0.2) is 4.52 Å². The Morgan fingerprint density at radius 1 is 1.75 bits per heavy atom. The molecule has 0 rings (SSSR count). The summed E-state index contributed by atoms with van der Waals surface area (Å²) < 4.78 is 3.91. The second kappa shape index (κ2) is 5.66. The maximum Gasteiger partial charge on any atom is 0.00975 e. The van der Waals surface area contributed by atoms with E-state index in [4.69, 9.17) is 0 Å². The Morgan fingerprint density at radius 2 is 2.38 bits per heavy atom. The van der Waals surface area contributed by atoms with Gasteiger partial charge in [-0.1, -0.05) is 20.3 Å². The van der Waals surface area contributed by atoms with Crippen LogP contribution in [0.25, 0.3) is 0 Å². The Morgan fingerprint density at radius 3 is 2.75 bits per heavy atom. The van der Waals surface area contributed by atoms with E-state index in [0.717, 1.165) is 5.92 Å². The third kappa shape index (κ3) is 4.68. The van der Waals surface area contributed by atoms with Gasteiger partial charge in [0.25, 0.3) is 0 Å². The second-order valence-corrected chi connectivity index (χ2v) is 3.52. The first-order valence-electron chi connectivity index (χ1n) is 2.88. The van der Waals surface area contributed by atoms with Crippen LogP contribution in [0.5, 0.6) is 0 Å². The summed E-state index contributed by atoms with van der Waals surface area (Å²) in [5.41, 5.74) is 0. The molecule has 0 aromatic rings. The van der Waals surface area contributed by atoms with Crippen molar-refractivity contribution in [1.82, 2.24) is 0 Å². The second-order valence-electron chi connectivity index (χ2n) is 1.95. The van der Waals surface area contributed by atoms with Crippen LogP contribution in [0.2, 0.25) is 0 Å². The first-order chi connectivity index (χ1) is 3.81. The van der Waals surface area contributed by atoms with Crippen molar-refractivity contribution >= 4 is 17.8 Å². The monoisotopic (exact) mass is 149 g/mol. The van der Waals surface area contributed by atoms with Gasteiger partial charge in [0.15, 0.2) is 0 Å². The maximum atomic E-state index is 3.91. The van der Waals surface area contributed by atoms with Gasteiger partial charge in [0.05, 0.1) is 0 Å². The Balaban J connectivity index is 3.10. The van der Waals surface area contributed by atoms with Gasteiger partial charge < -0.3 is 0 Å². The third-order valence-electron chi connectivity index (χ3n) is 1.17. The maximum absolute atomic E-state index is 3.91. The predicted molar refractivity (Wildman–Crippen MR) is 43.4 cm³/mol. The quantitative estimate of drug-likeness (QED) is 0.547. The summed E-state index contributed by atoms with van der Waals surface area (Å²) in [5, 5.41) is 0. The Bertz CT molecular complexity index is 72.8. The van der Waals surface area contributed by atoms with Crippen LogP contribution in [0.1, 0.15) is 20.3 Å². The zero-order valence-corrected chi connectivity index (χ0v) is 7.51. The normalized spacial score (nSPS) is 14.9. The van der Waals surface area contributed by atoms with E-state index < -0.39 is 0 Å². The van der Waals surface area contributed by atoms with E-state index in [1.165, 1.54) is 21.0 Å². The lowest BCUT2D eigenvalue weighted by Gasteiger charge is -1.99. The first kappa shape index (κ1) is 8.53. The van der Waals surface area contributed by atoms with Crippen molar-refractivity contribution in [1.29, 1.82) is 0 Å². The highest BCUT2D eigenvalue weighted by atomic mass is 31.1. The van der Waals surface area contributed by atoms with Crippen molar-refractivity contribution in [3.63, 3.8) is 0 Å². The highest BCUT2D eigenvalue weighted by Crippen LogP contribution is 2.12. The fourth-order valence-corrected chi connectivity index (χ4v) is 1.23. The predicted octanol–water partition coefficient (Wildman–Crippen LogP) is 2.95. The molecule has 0 fully saturated rings. The van der Waals surface area contributed by atoms with Crippen molar-refractivity contribution in [3.8, 4) is 0 Å². The number of rotatable bonds is 3. The van der Waals surface area contributed by atoms with E-state index in [2.05, 4.69) is 27.8 Å². The minimum Gasteiger partial charge on any atom is -0.252 e. The van der Waals surface area contributed by atoms with Gasteiger partial charge in [0.2, 0.25) is 0 Å². The molecule has 0 aliphatic carbocycles. The lowest BCUT2D eigenvalue weighted by Crippen LogP contribution is -1.90. The van der Waals surface area contributed by atoms with Gasteiger partial charge in [-0.05, 0) is 15.3 Å². The van der Waals surface area contributed by atoms with Crippen LogP contribution < -0.4 is 0 Å². The highest BCUT2D eigenvalue weighted by molar-refractivity contribution is 7.35. The molecule has 0 aromatic carbocycles. The van der Waals surface area contributed by atoms with Gasteiger partial charge in [-0.2, -0.15) is 0 Å². The number of hydrogen-bond donors (Lipinski definition) is 0. The molecule has 0 amide bonds. The van der Waals surface area contributed by atoms with Crippen molar-refractivity contribution < 1.29 is 0 Å². The molecular formula is C5H13NP2. The molecule has 0 aliphatic rings. The molecule has 0 spiro atoms. The fourth-order valence-electron chi connectivity index (χ4n) is 0.316. The molecule has 1 nitrogen and oxygen atoms in total. The van der Waals surface area contributed by atoms with Gasteiger partial charge in [0, 0.05) is 14.5 Å². The van der Waals surface area contributed by atoms with Crippen molar-refractivity contribution in [2.24, 2.45) is 10.4 Å². The van der Waals surface area contributed by atoms with Crippen molar-refractivity contribution in [3.05, 3.63) is 0 Å². The molecule has 0 radical (unpaired) electrons. The molecule has 0 aliphatic heterocycles. The largest absolute Gasteiger partial charge is 0.252 e. The van der Waals surface area contributed by atoms with E-state index in [1.54, 1.807) is 0 Å². The zero-order valence-electron chi connectivity index (χ0n) is 5.46. The van der Waals surface area contributed by atoms with Crippen LogP contribution in [0.4, 0.5) is 0 Å². The van der Waals surface area contributed by atoms with E-state index >= 15 is 0 Å². The van der Waals surface area contributed by atoms with Crippen LogP contribution >= 0.6 is 17.8 Å². The van der Waals surface area contributed by atoms with Gasteiger partial charge >= 0.3 is 0 Å². The number of nitrogens with zero attached hydrogens (tertiary/aromatic N) is 1. The van der Waals surface area contributed by atoms with Crippen LogP contribution in [-0.2, 0) is 0 Å². The minimum atomic E-state index is 0.834. The summed E-state index contributed by atoms with van der Waals surface area (Å²) in [6, 6.07) is 0. The summed E-state index contributed by atoms with van der Waals surface area (Å²) in [4.78, 5) is 0. The summed E-state index contributed by atoms with van der Waals surface area (Å²) >= 11 is 0. The molecule has 48 valence electrons. The summed E-state index contributed by atoms with van der Waals surface area (Å²) in [6.45, 7) is 4.46. The van der Waals surface area contributed by atoms with Gasteiger partial charge in [0.1, 0.15) is 0 Å². The standard InChI is InChI=1S/C5H13NP2/c1-3-5(2)4-8-6-7/h5H,3-4,7H2,1-2H3. The molecule has 0 N–H and O–H groups in total. The summed E-state index contributed by atoms with van der Waals surface area (Å²) in [5.74, 6) is 0.834. The van der Waals surface area contributed by atoms with E-state index in [-0.39, 0.29) is 0 Å². The van der Waals surface area contributed by atoms with Gasteiger partial charge in [-0.25, -0.2) is 0 Å². The van der Waals surface area contributed by atoms with E-state index in [9.17, 15) is 0 Å². The minimum absolute atomic E-state index is 0.834. The topological polar surface area (TPSA) is 12.4 Å². The summed E-state index contributed by atoms with van der Waals surface area (Å²) in [6.07, 6.45) is 2.48. The zero-order chi connectivity index (χ0) is 6.41. The average Bonchev–Trinajstić information content (AvgIpc) is 1.83. The Kier molecular flexibility index (Phi) is 6.04. The lowest BCUT2D eigenvalue weighted by atomic mass is 10.2. The van der Waals surface area contributed by atoms with Crippen LogP contribution in [0.3, 0.4) is 0 Å². The molecule has 0 aromatic heterocycles. The van der Waals surface area contributed by atoms with Gasteiger partial charge in [-0.3, -0.25) is 4.52 Å². The van der Waals surface area contributed by atoms with Crippen molar-refractivity contribution in [2.75, 3.05) is 6.16 Å². The molecule has 0 saturated carbocycles. The average molecular weight is 149 g/mol. The molecule has 0 heterocycles. The molecule has 0 bridgehead atoms. The molecule has 3 heteroatoms. The van der Waals surface area contributed by atoms with Crippen LogP contribution in [0, 0.1) is 5.92 Å². The van der Waals surface area contributed by atoms with E-state index in [0.29, 0.717) is 0 Å². The summed E-state index contributed by atoms with van der Waals surface area (Å²) in [7, 11) is 3.59. The SMILES string of the molecule is CCC(C)CP=NP. The first-order valence-corrected chi connectivity index (χ1v) is 4.42. The molecule has 2 unspecified atom stereocenters. The Labute approximate surface area is 55.4 Å².